The number of nitrogens with one attached hydrogen (secondary N) is 1. The van der Waals surface area contributed by atoms with Crippen LogP contribution in [0.2, 0.25) is 0 Å². The minimum atomic E-state index is -0.327. The summed E-state index contributed by atoms with van der Waals surface area (Å²) in [5, 5.41) is 13.1. The number of hydrogen-bond donors (Lipinski definition) is 1. The van der Waals surface area contributed by atoms with Crippen LogP contribution in [0.3, 0.4) is 0 Å². The van der Waals surface area contributed by atoms with Gasteiger partial charge in [-0.05, 0) is 31.4 Å². The fourth-order valence-electron chi connectivity index (χ4n) is 3.37. The van der Waals surface area contributed by atoms with Crippen molar-refractivity contribution >= 4 is 0 Å². The first-order valence-corrected chi connectivity index (χ1v) is 6.78. The van der Waals surface area contributed by atoms with Gasteiger partial charge in [0.25, 0.3) is 0 Å². The molecule has 94 valence electrons. The molecule has 3 rings (SSSR count). The third-order valence-electron chi connectivity index (χ3n) is 4.38. The molecule has 0 saturated carbocycles. The standard InChI is InChI=1S/C15H19N3/c16-12-15(8-10-18-9-4-7-14(15)18)17-11-13-5-2-1-3-6-13/h1-3,5-6,14,17H,4,7-11H2. The Kier molecular flexibility index (Phi) is 3.07. The summed E-state index contributed by atoms with van der Waals surface area (Å²) in [6, 6.07) is 13.3. The summed E-state index contributed by atoms with van der Waals surface area (Å²) in [6.07, 6.45) is 3.36. The molecule has 0 aliphatic carbocycles. The molecule has 1 aromatic carbocycles. The van der Waals surface area contributed by atoms with Crippen LogP contribution in [0, 0.1) is 11.3 Å². The smallest absolute Gasteiger partial charge is 0.123 e. The van der Waals surface area contributed by atoms with E-state index in [0.29, 0.717) is 6.04 Å². The van der Waals surface area contributed by atoms with Crippen LogP contribution in [0.1, 0.15) is 24.8 Å². The summed E-state index contributed by atoms with van der Waals surface area (Å²) < 4.78 is 0. The van der Waals surface area contributed by atoms with Crippen molar-refractivity contribution in [2.75, 3.05) is 13.1 Å². The number of hydrogen-bond acceptors (Lipinski definition) is 3. The summed E-state index contributed by atoms with van der Waals surface area (Å²) in [5.41, 5.74) is 0.926. The molecule has 0 spiro atoms. The van der Waals surface area contributed by atoms with Crippen molar-refractivity contribution in [1.29, 1.82) is 5.26 Å². The highest BCUT2D eigenvalue weighted by atomic mass is 15.3. The van der Waals surface area contributed by atoms with E-state index in [1.54, 1.807) is 0 Å². The molecule has 18 heavy (non-hydrogen) atoms. The Morgan fingerprint density at radius 1 is 1.33 bits per heavy atom. The zero-order valence-corrected chi connectivity index (χ0v) is 10.6. The van der Waals surface area contributed by atoms with Crippen molar-refractivity contribution in [3.05, 3.63) is 35.9 Å². The second-order valence-corrected chi connectivity index (χ2v) is 5.37. The topological polar surface area (TPSA) is 39.1 Å². The molecule has 2 atom stereocenters. The first-order valence-electron chi connectivity index (χ1n) is 6.78. The lowest BCUT2D eigenvalue weighted by Gasteiger charge is -2.29. The van der Waals surface area contributed by atoms with E-state index in [1.165, 1.54) is 18.5 Å². The lowest BCUT2D eigenvalue weighted by Crippen LogP contribution is -2.51. The van der Waals surface area contributed by atoms with Crippen LogP contribution < -0.4 is 5.32 Å². The summed E-state index contributed by atoms with van der Waals surface area (Å²) in [6.45, 7) is 3.03. The third kappa shape index (κ3) is 1.92. The molecule has 3 nitrogen and oxygen atoms in total. The van der Waals surface area contributed by atoms with E-state index in [9.17, 15) is 5.26 Å². The molecule has 1 aromatic rings. The molecule has 2 aliphatic rings. The Bertz CT molecular complexity index is 451. The van der Waals surface area contributed by atoms with Crippen molar-refractivity contribution in [1.82, 2.24) is 10.2 Å². The molecule has 1 N–H and O–H groups in total. The lowest BCUT2D eigenvalue weighted by atomic mass is 9.90. The van der Waals surface area contributed by atoms with Crippen LogP contribution in [0.4, 0.5) is 0 Å². The van der Waals surface area contributed by atoms with Crippen LogP contribution >= 0.6 is 0 Å². The number of fused-ring (bicyclic) bond motifs is 1. The normalized spacial score (nSPS) is 31.2. The molecule has 0 radical (unpaired) electrons. The van der Waals surface area contributed by atoms with Gasteiger partial charge in [0.2, 0.25) is 0 Å². The van der Waals surface area contributed by atoms with Gasteiger partial charge in [-0.15, -0.1) is 0 Å². The molecular formula is C15H19N3. The van der Waals surface area contributed by atoms with Crippen LogP contribution in [0.15, 0.2) is 30.3 Å². The average Bonchev–Trinajstić information content (AvgIpc) is 3.01. The highest BCUT2D eigenvalue weighted by Crippen LogP contribution is 2.35. The van der Waals surface area contributed by atoms with Gasteiger partial charge < -0.3 is 0 Å². The lowest BCUT2D eigenvalue weighted by molar-refractivity contribution is 0.265. The summed E-state index contributed by atoms with van der Waals surface area (Å²) in [4.78, 5) is 2.47. The molecule has 0 bridgehead atoms. The van der Waals surface area contributed by atoms with E-state index in [-0.39, 0.29) is 5.54 Å². The van der Waals surface area contributed by atoms with Crippen LogP contribution in [-0.4, -0.2) is 29.6 Å². The SMILES string of the molecule is N#CC1(NCc2ccccc2)CCN2CCCC21. The Hall–Kier alpha value is -1.37. The van der Waals surface area contributed by atoms with E-state index in [4.69, 9.17) is 0 Å². The largest absolute Gasteiger partial charge is 0.297 e. The number of nitrogens with zero attached hydrogens (tertiary/aromatic N) is 2. The molecule has 2 saturated heterocycles. The monoisotopic (exact) mass is 241 g/mol. The molecule has 2 heterocycles. The van der Waals surface area contributed by atoms with Crippen molar-refractivity contribution in [3.63, 3.8) is 0 Å². The third-order valence-corrected chi connectivity index (χ3v) is 4.38. The fourth-order valence-corrected chi connectivity index (χ4v) is 3.37. The molecule has 2 unspecified atom stereocenters. The van der Waals surface area contributed by atoms with E-state index in [2.05, 4.69) is 28.4 Å². The van der Waals surface area contributed by atoms with Gasteiger partial charge >= 0.3 is 0 Å². The van der Waals surface area contributed by atoms with Gasteiger partial charge in [0.1, 0.15) is 5.54 Å². The molecule has 2 fully saturated rings. The first kappa shape index (κ1) is 11.7. The second-order valence-electron chi connectivity index (χ2n) is 5.37. The van der Waals surface area contributed by atoms with Gasteiger partial charge in [0, 0.05) is 19.1 Å². The molecular weight excluding hydrogens is 222 g/mol. The van der Waals surface area contributed by atoms with E-state index in [1.807, 2.05) is 18.2 Å². The van der Waals surface area contributed by atoms with E-state index < -0.39 is 0 Å². The van der Waals surface area contributed by atoms with Crippen LogP contribution in [0.5, 0.6) is 0 Å². The predicted octanol–water partition coefficient (Wildman–Crippen LogP) is 1.91. The highest BCUT2D eigenvalue weighted by molar-refractivity contribution is 5.22. The number of rotatable bonds is 3. The molecule has 0 aromatic heterocycles. The summed E-state index contributed by atoms with van der Waals surface area (Å²) >= 11 is 0. The maximum absolute atomic E-state index is 9.60. The van der Waals surface area contributed by atoms with Crippen molar-refractivity contribution < 1.29 is 0 Å². The minimum absolute atomic E-state index is 0.327. The Morgan fingerprint density at radius 2 is 2.17 bits per heavy atom. The maximum atomic E-state index is 9.60. The number of benzene rings is 1. The Morgan fingerprint density at radius 3 is 2.94 bits per heavy atom. The van der Waals surface area contributed by atoms with E-state index in [0.717, 1.165) is 25.9 Å². The molecule has 3 heteroatoms. The van der Waals surface area contributed by atoms with Crippen LogP contribution in [0.25, 0.3) is 0 Å². The van der Waals surface area contributed by atoms with E-state index >= 15 is 0 Å². The highest BCUT2D eigenvalue weighted by Gasteiger charge is 2.49. The second kappa shape index (κ2) is 4.72. The van der Waals surface area contributed by atoms with Gasteiger partial charge in [-0.2, -0.15) is 5.26 Å². The van der Waals surface area contributed by atoms with Gasteiger partial charge in [-0.25, -0.2) is 0 Å². The number of nitriles is 1. The van der Waals surface area contributed by atoms with Gasteiger partial charge in [0.15, 0.2) is 0 Å². The molecule has 2 aliphatic heterocycles. The fraction of sp³-hybridized carbons (Fsp3) is 0.533. The Balaban J connectivity index is 1.72. The van der Waals surface area contributed by atoms with Crippen molar-refractivity contribution in [2.45, 2.75) is 37.4 Å². The van der Waals surface area contributed by atoms with Crippen molar-refractivity contribution in [3.8, 4) is 6.07 Å². The summed E-state index contributed by atoms with van der Waals surface area (Å²) in [5.74, 6) is 0. The minimum Gasteiger partial charge on any atom is -0.297 e. The predicted molar refractivity (Wildman–Crippen MR) is 70.8 cm³/mol. The van der Waals surface area contributed by atoms with Crippen molar-refractivity contribution in [2.24, 2.45) is 0 Å². The van der Waals surface area contributed by atoms with Crippen LogP contribution in [-0.2, 0) is 6.54 Å². The maximum Gasteiger partial charge on any atom is 0.123 e. The zero-order chi connectivity index (χ0) is 12.4. The zero-order valence-electron chi connectivity index (χ0n) is 10.6. The van der Waals surface area contributed by atoms with Gasteiger partial charge in [-0.3, -0.25) is 10.2 Å². The Labute approximate surface area is 108 Å². The quantitative estimate of drug-likeness (QED) is 0.878. The van der Waals surface area contributed by atoms with Gasteiger partial charge in [0.05, 0.1) is 6.07 Å². The summed E-state index contributed by atoms with van der Waals surface area (Å²) in [7, 11) is 0. The average molecular weight is 241 g/mol. The molecule has 0 amide bonds. The van der Waals surface area contributed by atoms with Gasteiger partial charge in [-0.1, -0.05) is 30.3 Å². The first-order chi connectivity index (χ1) is 8.84.